The average Bonchev–Trinajstić information content (AvgIpc) is 3.52. The highest BCUT2D eigenvalue weighted by Crippen LogP contribution is 2.38. The Bertz CT molecular complexity index is 2590. The van der Waals surface area contributed by atoms with Crippen LogP contribution in [0, 0.1) is 5.92 Å². The number of hydrogen-bond donors (Lipinski definition) is 0. The zero-order valence-electron chi connectivity index (χ0n) is 26.7. The summed E-state index contributed by atoms with van der Waals surface area (Å²) in [7, 11) is 0. The van der Waals surface area contributed by atoms with E-state index >= 15 is 0 Å². The molecule has 9 rings (SSSR count). The van der Waals surface area contributed by atoms with Crippen LogP contribution in [-0.2, 0) is 0 Å². The standard InChI is InChI=1S/C46H33NO/c1-30-19-25-42(33-14-6-3-7-15-33)47-43(29-40(30)31-11-4-2-5-12-31)39-17-10-18-45-46(39)41-28-35(23-26-44(41)48-45)34-22-24-38-36(27-34)21-20-32-13-8-9-16-37(32)38/h2-18,20-30H,19H2,1H3/b40-29?,42-25+,47-43?. The van der Waals surface area contributed by atoms with Gasteiger partial charge in [-0.3, -0.25) is 0 Å². The first-order chi connectivity index (χ1) is 23.7. The Balaban J connectivity index is 1.24. The fourth-order valence-electron chi connectivity index (χ4n) is 7.25. The van der Waals surface area contributed by atoms with Crippen molar-refractivity contribution in [1.82, 2.24) is 0 Å². The Morgan fingerprint density at radius 1 is 0.542 bits per heavy atom. The van der Waals surface area contributed by atoms with E-state index in [1.807, 2.05) is 0 Å². The Kier molecular flexibility index (Phi) is 6.87. The Labute approximate surface area is 280 Å². The van der Waals surface area contributed by atoms with Gasteiger partial charge in [-0.2, -0.15) is 0 Å². The summed E-state index contributed by atoms with van der Waals surface area (Å²) in [6.07, 6.45) is 5.51. The van der Waals surface area contributed by atoms with Gasteiger partial charge >= 0.3 is 0 Å². The summed E-state index contributed by atoms with van der Waals surface area (Å²) in [5.41, 5.74) is 10.7. The number of allylic oxidation sites excluding steroid dienone is 3. The van der Waals surface area contributed by atoms with Crippen LogP contribution in [-0.4, -0.2) is 5.71 Å². The molecule has 1 atom stereocenters. The van der Waals surface area contributed by atoms with E-state index in [1.165, 1.54) is 38.2 Å². The molecule has 0 saturated heterocycles. The SMILES string of the molecule is CC1C/C=C(\c2ccccc2)N=C(c2cccc3oc4ccc(-c5ccc6c(ccc7ccccc76)c5)cc4c23)C=C1c1ccccc1. The molecule has 1 unspecified atom stereocenters. The molecule has 1 aromatic heterocycles. The first-order valence-electron chi connectivity index (χ1n) is 16.7. The largest absolute Gasteiger partial charge is 0.456 e. The summed E-state index contributed by atoms with van der Waals surface area (Å²) in [5, 5.41) is 7.23. The van der Waals surface area contributed by atoms with Crippen molar-refractivity contribution in [2.45, 2.75) is 13.3 Å². The molecule has 48 heavy (non-hydrogen) atoms. The van der Waals surface area contributed by atoms with Crippen molar-refractivity contribution in [1.29, 1.82) is 0 Å². The fourth-order valence-corrected chi connectivity index (χ4v) is 7.25. The van der Waals surface area contributed by atoms with E-state index in [4.69, 9.17) is 9.41 Å². The van der Waals surface area contributed by atoms with Crippen LogP contribution >= 0.6 is 0 Å². The quantitative estimate of drug-likeness (QED) is 0.181. The van der Waals surface area contributed by atoms with Crippen LogP contribution in [0.3, 0.4) is 0 Å². The van der Waals surface area contributed by atoms with Gasteiger partial charge in [0.15, 0.2) is 0 Å². The molecule has 2 heterocycles. The first-order valence-corrected chi connectivity index (χ1v) is 16.7. The number of benzene rings is 7. The molecule has 1 aliphatic heterocycles. The molecular formula is C46H33NO. The maximum absolute atomic E-state index is 6.50. The second kappa shape index (κ2) is 11.7. The van der Waals surface area contributed by atoms with E-state index < -0.39 is 0 Å². The van der Waals surface area contributed by atoms with Crippen LogP contribution in [0.4, 0.5) is 0 Å². The third-order valence-corrected chi connectivity index (χ3v) is 9.75. The summed E-state index contributed by atoms with van der Waals surface area (Å²) in [5.74, 6) is 0.313. The van der Waals surface area contributed by atoms with Crippen LogP contribution in [0.1, 0.15) is 30.0 Å². The lowest BCUT2D eigenvalue weighted by atomic mass is 9.87. The summed E-state index contributed by atoms with van der Waals surface area (Å²) in [6, 6.07) is 54.0. The summed E-state index contributed by atoms with van der Waals surface area (Å²) < 4.78 is 6.50. The predicted molar refractivity (Wildman–Crippen MR) is 203 cm³/mol. The Hall–Kier alpha value is -5.99. The summed E-state index contributed by atoms with van der Waals surface area (Å²) >= 11 is 0. The molecular weight excluding hydrogens is 583 g/mol. The van der Waals surface area contributed by atoms with Crippen molar-refractivity contribution < 1.29 is 4.42 Å². The van der Waals surface area contributed by atoms with Crippen LogP contribution < -0.4 is 0 Å². The third-order valence-electron chi connectivity index (χ3n) is 9.75. The molecule has 0 aliphatic carbocycles. The van der Waals surface area contributed by atoms with E-state index in [0.717, 1.165) is 56.5 Å². The van der Waals surface area contributed by atoms with Gasteiger partial charge in [-0.1, -0.05) is 140 Å². The lowest BCUT2D eigenvalue weighted by Gasteiger charge is -2.20. The minimum absolute atomic E-state index is 0.313. The van der Waals surface area contributed by atoms with Crippen molar-refractivity contribution in [3.05, 3.63) is 181 Å². The molecule has 0 fully saturated rings. The molecule has 0 spiro atoms. The number of furan rings is 1. The molecule has 0 saturated carbocycles. The fraction of sp³-hybridized carbons (Fsp3) is 0.0652. The van der Waals surface area contributed by atoms with Gasteiger partial charge in [-0.05, 0) is 92.1 Å². The highest BCUT2D eigenvalue weighted by molar-refractivity contribution is 6.24. The minimum Gasteiger partial charge on any atom is -0.456 e. The number of nitrogens with zero attached hydrogens (tertiary/aromatic N) is 1. The van der Waals surface area contributed by atoms with Crippen LogP contribution in [0.5, 0.6) is 0 Å². The smallest absolute Gasteiger partial charge is 0.136 e. The topological polar surface area (TPSA) is 25.5 Å². The molecule has 0 amide bonds. The molecule has 1 aliphatic rings. The molecule has 0 radical (unpaired) electrons. The molecule has 2 heteroatoms. The highest BCUT2D eigenvalue weighted by Gasteiger charge is 2.20. The lowest BCUT2D eigenvalue weighted by Crippen LogP contribution is -2.07. The second-order valence-corrected chi connectivity index (χ2v) is 12.8. The van der Waals surface area contributed by atoms with Gasteiger partial charge in [0.1, 0.15) is 11.2 Å². The van der Waals surface area contributed by atoms with E-state index in [9.17, 15) is 0 Å². The van der Waals surface area contributed by atoms with Crippen LogP contribution in [0.15, 0.2) is 173 Å². The maximum atomic E-state index is 6.50. The minimum atomic E-state index is 0.313. The zero-order chi connectivity index (χ0) is 32.0. The van der Waals surface area contributed by atoms with Gasteiger partial charge in [0.25, 0.3) is 0 Å². The normalized spacial score (nSPS) is 16.4. The molecule has 228 valence electrons. The number of fused-ring (bicyclic) bond motifs is 6. The van der Waals surface area contributed by atoms with Crippen molar-refractivity contribution >= 4 is 60.5 Å². The number of aliphatic imine (C=N–C) groups is 1. The number of hydrogen-bond acceptors (Lipinski definition) is 2. The monoisotopic (exact) mass is 615 g/mol. The van der Waals surface area contributed by atoms with Gasteiger partial charge in [0.2, 0.25) is 0 Å². The lowest BCUT2D eigenvalue weighted by molar-refractivity contribution is 0.669. The first kappa shape index (κ1) is 28.3. The van der Waals surface area contributed by atoms with Crippen molar-refractivity contribution in [3.63, 3.8) is 0 Å². The van der Waals surface area contributed by atoms with Crippen molar-refractivity contribution in [3.8, 4) is 11.1 Å². The molecule has 0 N–H and O–H groups in total. The number of rotatable bonds is 4. The van der Waals surface area contributed by atoms with Gasteiger partial charge < -0.3 is 4.42 Å². The molecule has 0 bridgehead atoms. The van der Waals surface area contributed by atoms with Crippen molar-refractivity contribution in [2.75, 3.05) is 0 Å². The van der Waals surface area contributed by atoms with Crippen molar-refractivity contribution in [2.24, 2.45) is 10.9 Å². The summed E-state index contributed by atoms with van der Waals surface area (Å²) in [6.45, 7) is 2.31. The van der Waals surface area contributed by atoms with Gasteiger partial charge in [-0.25, -0.2) is 4.99 Å². The van der Waals surface area contributed by atoms with E-state index in [-0.39, 0.29) is 0 Å². The third kappa shape index (κ3) is 4.94. The maximum Gasteiger partial charge on any atom is 0.136 e. The summed E-state index contributed by atoms with van der Waals surface area (Å²) in [4.78, 5) is 5.42. The van der Waals surface area contributed by atoms with Crippen LogP contribution in [0.25, 0.3) is 65.9 Å². The molecule has 7 aromatic carbocycles. The zero-order valence-corrected chi connectivity index (χ0v) is 26.7. The predicted octanol–water partition coefficient (Wildman–Crippen LogP) is 12.5. The van der Waals surface area contributed by atoms with Gasteiger partial charge in [-0.15, -0.1) is 0 Å². The van der Waals surface area contributed by atoms with E-state index in [1.54, 1.807) is 0 Å². The van der Waals surface area contributed by atoms with Gasteiger partial charge in [0, 0.05) is 16.3 Å². The Morgan fingerprint density at radius 2 is 1.25 bits per heavy atom. The highest BCUT2D eigenvalue weighted by atomic mass is 16.3. The Morgan fingerprint density at radius 3 is 2.10 bits per heavy atom. The molecule has 2 nitrogen and oxygen atoms in total. The van der Waals surface area contributed by atoms with E-state index in [0.29, 0.717) is 5.92 Å². The second-order valence-electron chi connectivity index (χ2n) is 12.8. The average molecular weight is 616 g/mol. The van der Waals surface area contributed by atoms with E-state index in [2.05, 4.69) is 171 Å². The molecule has 8 aromatic rings. The van der Waals surface area contributed by atoms with Crippen LogP contribution in [0.2, 0.25) is 0 Å². The van der Waals surface area contributed by atoms with Gasteiger partial charge in [0.05, 0.1) is 11.4 Å².